The Balaban J connectivity index is 2.04. The molecule has 0 unspecified atom stereocenters. The molecule has 7 heteroatoms. The molecule has 118 valence electrons. The summed E-state index contributed by atoms with van der Waals surface area (Å²) in [4.78, 5) is 15.6. The van der Waals surface area contributed by atoms with Gasteiger partial charge < -0.3 is 15.0 Å². The summed E-state index contributed by atoms with van der Waals surface area (Å²) in [6.45, 7) is 4.15. The normalized spacial score (nSPS) is 21.9. The molecule has 0 aromatic carbocycles. The molecule has 2 aliphatic rings. The Kier molecular flexibility index (Phi) is 4.56. The summed E-state index contributed by atoms with van der Waals surface area (Å²) in [5.74, 6) is -0.268. The van der Waals surface area contributed by atoms with E-state index in [4.69, 9.17) is 17.0 Å². The fraction of sp³-hybridized carbons (Fsp3) is 0.467. The predicted molar refractivity (Wildman–Crippen MR) is 94.7 cm³/mol. The summed E-state index contributed by atoms with van der Waals surface area (Å²) in [5.41, 5.74) is 1.58. The van der Waals surface area contributed by atoms with Gasteiger partial charge in [0.1, 0.15) is 0 Å². The number of halogens is 1. The lowest BCUT2D eigenvalue weighted by Gasteiger charge is -2.37. The van der Waals surface area contributed by atoms with Gasteiger partial charge in [-0.3, -0.25) is 0 Å². The molecule has 1 aromatic rings. The topological polar surface area (TPSA) is 41.6 Å². The van der Waals surface area contributed by atoms with Crippen molar-refractivity contribution >= 4 is 50.6 Å². The first-order chi connectivity index (χ1) is 10.5. The quantitative estimate of drug-likeness (QED) is 0.615. The number of esters is 1. The molecular weight excluding hydrogens is 384 g/mol. The Morgan fingerprint density at radius 3 is 2.86 bits per heavy atom. The number of nitrogens with one attached hydrogen (secondary N) is 1. The van der Waals surface area contributed by atoms with E-state index in [0.717, 1.165) is 27.9 Å². The molecule has 0 bridgehead atoms. The summed E-state index contributed by atoms with van der Waals surface area (Å²) in [6.07, 6.45) is 2.23. The average Bonchev–Trinajstić information content (AvgIpc) is 3.19. The third kappa shape index (κ3) is 2.94. The van der Waals surface area contributed by atoms with Crippen molar-refractivity contribution in [3.63, 3.8) is 0 Å². The second-order valence-electron chi connectivity index (χ2n) is 5.37. The van der Waals surface area contributed by atoms with Crippen molar-refractivity contribution < 1.29 is 9.53 Å². The first-order valence-electron chi connectivity index (χ1n) is 7.24. The van der Waals surface area contributed by atoms with Gasteiger partial charge in [-0.05, 0) is 60.9 Å². The molecule has 1 atom stereocenters. The van der Waals surface area contributed by atoms with Crippen LogP contribution in [0.3, 0.4) is 0 Å². The van der Waals surface area contributed by atoms with Crippen LogP contribution in [0, 0.1) is 0 Å². The lowest BCUT2D eigenvalue weighted by atomic mass is 10.0. The van der Waals surface area contributed by atoms with Gasteiger partial charge in [-0.1, -0.05) is 0 Å². The first kappa shape index (κ1) is 16.0. The van der Waals surface area contributed by atoms with Gasteiger partial charge in [0.05, 0.1) is 18.2 Å². The number of allylic oxidation sites excluding steroid dienone is 1. The van der Waals surface area contributed by atoms with Crippen LogP contribution in [0.25, 0.3) is 0 Å². The molecule has 0 spiro atoms. The molecular formula is C15H17BrN2O2S2. The number of hydrogen-bond donors (Lipinski definition) is 1. The summed E-state index contributed by atoms with van der Waals surface area (Å²) in [6, 6.07) is 2.20. The van der Waals surface area contributed by atoms with E-state index in [-0.39, 0.29) is 12.0 Å². The van der Waals surface area contributed by atoms with Crippen molar-refractivity contribution in [3.05, 3.63) is 32.1 Å². The van der Waals surface area contributed by atoms with Crippen LogP contribution in [0.2, 0.25) is 0 Å². The minimum atomic E-state index is -0.268. The Labute approximate surface area is 147 Å². The van der Waals surface area contributed by atoms with E-state index in [1.165, 1.54) is 0 Å². The largest absolute Gasteiger partial charge is 0.463 e. The molecule has 4 nitrogen and oxygen atoms in total. The predicted octanol–water partition coefficient (Wildman–Crippen LogP) is 3.74. The van der Waals surface area contributed by atoms with Crippen molar-refractivity contribution in [2.45, 2.75) is 38.8 Å². The minimum Gasteiger partial charge on any atom is -0.463 e. The highest BCUT2D eigenvalue weighted by molar-refractivity contribution is 9.10. The van der Waals surface area contributed by atoms with Gasteiger partial charge in [0.25, 0.3) is 0 Å². The lowest BCUT2D eigenvalue weighted by molar-refractivity contribution is -0.139. The van der Waals surface area contributed by atoms with Gasteiger partial charge in [0.2, 0.25) is 0 Å². The number of thiophene rings is 1. The molecule has 1 saturated carbocycles. The highest BCUT2D eigenvalue weighted by Gasteiger charge is 2.41. The highest BCUT2D eigenvalue weighted by Crippen LogP contribution is 2.39. The number of rotatable bonds is 4. The maximum Gasteiger partial charge on any atom is 0.338 e. The summed E-state index contributed by atoms with van der Waals surface area (Å²) in [5, 5.41) is 6.03. The molecule has 1 aliphatic heterocycles. The number of thiocarbonyl (C=S) groups is 1. The van der Waals surface area contributed by atoms with Crippen molar-refractivity contribution in [2.75, 3.05) is 6.61 Å². The van der Waals surface area contributed by atoms with Crippen LogP contribution in [0.1, 0.15) is 37.6 Å². The Hall–Kier alpha value is -0.920. The molecule has 1 aromatic heterocycles. The second kappa shape index (κ2) is 6.29. The van der Waals surface area contributed by atoms with Crippen molar-refractivity contribution in [3.8, 4) is 0 Å². The van der Waals surface area contributed by atoms with Crippen LogP contribution < -0.4 is 5.32 Å². The SMILES string of the molecule is CCOC(=O)C1=C(C)N(C2CC2)C(=S)N[C@H]1c1cc(Br)cs1. The summed E-state index contributed by atoms with van der Waals surface area (Å²) < 4.78 is 6.29. The number of ether oxygens (including phenoxy) is 1. The number of hydrogen-bond acceptors (Lipinski definition) is 4. The smallest absolute Gasteiger partial charge is 0.338 e. The standard InChI is InChI=1S/C15H17BrN2O2S2/c1-3-20-14(19)12-8(2)18(10-4-5-10)15(21)17-13(12)11-6-9(16)7-22-11/h6-7,10,13H,3-5H2,1-2H3,(H,17,21)/t13-/m0/s1. The molecule has 3 rings (SSSR count). The minimum absolute atomic E-state index is 0.238. The Morgan fingerprint density at radius 2 is 2.32 bits per heavy atom. The van der Waals surface area contributed by atoms with Crippen molar-refractivity contribution in [2.24, 2.45) is 0 Å². The van der Waals surface area contributed by atoms with Crippen LogP contribution in [-0.2, 0) is 9.53 Å². The maximum absolute atomic E-state index is 12.5. The van der Waals surface area contributed by atoms with E-state index < -0.39 is 0 Å². The van der Waals surface area contributed by atoms with Gasteiger partial charge in [-0.15, -0.1) is 11.3 Å². The van der Waals surface area contributed by atoms with E-state index in [1.54, 1.807) is 11.3 Å². The van der Waals surface area contributed by atoms with Crippen molar-refractivity contribution in [1.29, 1.82) is 0 Å². The molecule has 1 fully saturated rings. The Bertz CT molecular complexity index is 652. The highest BCUT2D eigenvalue weighted by atomic mass is 79.9. The fourth-order valence-corrected chi connectivity index (χ4v) is 4.60. The van der Waals surface area contributed by atoms with Gasteiger partial charge in [-0.2, -0.15) is 0 Å². The molecule has 0 radical (unpaired) electrons. The molecule has 0 saturated heterocycles. The third-order valence-corrected chi connectivity index (χ3v) is 5.88. The zero-order valence-corrected chi connectivity index (χ0v) is 15.6. The Morgan fingerprint density at radius 1 is 1.59 bits per heavy atom. The van der Waals surface area contributed by atoms with E-state index in [2.05, 4.69) is 26.1 Å². The molecule has 1 aliphatic carbocycles. The number of carbonyl (C=O) groups is 1. The van der Waals surface area contributed by atoms with Gasteiger partial charge >= 0.3 is 5.97 Å². The fourth-order valence-electron chi connectivity index (χ4n) is 2.70. The van der Waals surface area contributed by atoms with E-state index in [9.17, 15) is 4.79 Å². The van der Waals surface area contributed by atoms with Crippen LogP contribution in [0.15, 0.2) is 27.2 Å². The molecule has 1 N–H and O–H groups in total. The van der Waals surface area contributed by atoms with E-state index >= 15 is 0 Å². The zero-order valence-electron chi connectivity index (χ0n) is 12.4. The molecule has 22 heavy (non-hydrogen) atoms. The van der Waals surface area contributed by atoms with Crippen LogP contribution in [-0.4, -0.2) is 28.6 Å². The van der Waals surface area contributed by atoms with Crippen LogP contribution >= 0.6 is 39.5 Å². The average molecular weight is 401 g/mol. The van der Waals surface area contributed by atoms with Gasteiger partial charge in [0, 0.05) is 26.5 Å². The van der Waals surface area contributed by atoms with E-state index in [0.29, 0.717) is 23.3 Å². The molecule has 0 amide bonds. The summed E-state index contributed by atoms with van der Waals surface area (Å²) in [7, 11) is 0. The van der Waals surface area contributed by atoms with E-state index in [1.807, 2.05) is 25.3 Å². The summed E-state index contributed by atoms with van der Waals surface area (Å²) >= 11 is 10.6. The first-order valence-corrected chi connectivity index (χ1v) is 9.32. The van der Waals surface area contributed by atoms with Gasteiger partial charge in [0.15, 0.2) is 5.11 Å². The number of carbonyl (C=O) groups excluding carboxylic acids is 1. The lowest BCUT2D eigenvalue weighted by Crippen LogP contribution is -2.48. The second-order valence-corrected chi connectivity index (χ2v) is 7.62. The number of nitrogens with zero attached hydrogens (tertiary/aromatic N) is 1. The third-order valence-electron chi connectivity index (χ3n) is 3.81. The van der Waals surface area contributed by atoms with Crippen LogP contribution in [0.5, 0.6) is 0 Å². The zero-order chi connectivity index (χ0) is 15.9. The molecule has 2 heterocycles. The van der Waals surface area contributed by atoms with Crippen molar-refractivity contribution in [1.82, 2.24) is 10.2 Å². The monoisotopic (exact) mass is 400 g/mol. The van der Waals surface area contributed by atoms with Crippen LogP contribution in [0.4, 0.5) is 0 Å². The maximum atomic E-state index is 12.5. The van der Waals surface area contributed by atoms with Gasteiger partial charge in [-0.25, -0.2) is 4.79 Å².